The van der Waals surface area contributed by atoms with E-state index in [0.717, 1.165) is 32.1 Å². The van der Waals surface area contributed by atoms with Gasteiger partial charge in [-0.15, -0.1) is 0 Å². The molecule has 1 saturated heterocycles. The van der Waals surface area contributed by atoms with Crippen molar-refractivity contribution in [2.45, 2.75) is 6.92 Å². The fourth-order valence-corrected chi connectivity index (χ4v) is 3.39. The van der Waals surface area contributed by atoms with Gasteiger partial charge in [-0.25, -0.2) is 0 Å². The first kappa shape index (κ1) is 17.0. The Hall–Kier alpha value is -1.80. The second kappa shape index (κ2) is 7.40. The Bertz CT molecular complexity index is 801. The highest BCUT2D eigenvalue weighted by atomic mass is 127. The van der Waals surface area contributed by atoms with Crippen molar-refractivity contribution in [2.75, 3.05) is 12.0 Å². The van der Waals surface area contributed by atoms with Gasteiger partial charge in [-0.05, 0) is 77.2 Å². The summed E-state index contributed by atoms with van der Waals surface area (Å²) in [6.07, 6.45) is 1.76. The van der Waals surface area contributed by atoms with Gasteiger partial charge in [-0.1, -0.05) is 29.8 Å². The van der Waals surface area contributed by atoms with E-state index in [1.165, 1.54) is 4.90 Å². The Labute approximate surface area is 158 Å². The van der Waals surface area contributed by atoms with Gasteiger partial charge in [0.05, 0.1) is 11.6 Å². The fourth-order valence-electron chi connectivity index (χ4n) is 2.19. The summed E-state index contributed by atoms with van der Waals surface area (Å²) in [7, 11) is 0. The highest BCUT2D eigenvalue weighted by molar-refractivity contribution is 14.1. The van der Waals surface area contributed by atoms with E-state index in [2.05, 4.69) is 27.9 Å². The number of amides is 2. The molecule has 122 valence electrons. The van der Waals surface area contributed by atoms with E-state index in [4.69, 9.17) is 0 Å². The van der Waals surface area contributed by atoms with Crippen molar-refractivity contribution in [3.05, 3.63) is 68.1 Å². The number of benzene rings is 2. The highest BCUT2D eigenvalue weighted by Crippen LogP contribution is 2.32. The zero-order chi connectivity index (χ0) is 17.1. The third-order valence-corrected chi connectivity index (χ3v) is 5.16. The van der Waals surface area contributed by atoms with E-state index in [1.54, 1.807) is 6.08 Å². The highest BCUT2D eigenvalue weighted by Gasteiger charge is 2.34. The van der Waals surface area contributed by atoms with Crippen LogP contribution in [0.4, 0.5) is 10.5 Å². The van der Waals surface area contributed by atoms with E-state index in [9.17, 15) is 9.59 Å². The van der Waals surface area contributed by atoms with Gasteiger partial charge < -0.3 is 5.32 Å². The zero-order valence-electron chi connectivity index (χ0n) is 13.0. The lowest BCUT2D eigenvalue weighted by molar-refractivity contribution is -0.122. The first-order valence-electron chi connectivity index (χ1n) is 7.34. The maximum atomic E-state index is 12.4. The molecule has 0 atom stereocenters. The molecule has 0 saturated carbocycles. The number of aryl methyl sites for hydroxylation is 1. The van der Waals surface area contributed by atoms with Crippen molar-refractivity contribution in [1.82, 2.24) is 4.90 Å². The van der Waals surface area contributed by atoms with Crippen LogP contribution in [0.2, 0.25) is 0 Å². The number of nitrogens with zero attached hydrogens (tertiary/aromatic N) is 1. The second-order valence-corrected chi connectivity index (χ2v) is 7.60. The number of anilines is 1. The Kier molecular flexibility index (Phi) is 5.25. The van der Waals surface area contributed by atoms with Crippen LogP contribution in [-0.2, 0) is 4.79 Å². The van der Waals surface area contributed by atoms with Crippen molar-refractivity contribution in [1.29, 1.82) is 0 Å². The number of imide groups is 1. The molecule has 24 heavy (non-hydrogen) atoms. The van der Waals surface area contributed by atoms with Gasteiger partial charge in [0.1, 0.15) is 0 Å². The zero-order valence-corrected chi connectivity index (χ0v) is 15.9. The van der Waals surface area contributed by atoms with Gasteiger partial charge >= 0.3 is 0 Å². The van der Waals surface area contributed by atoms with Crippen LogP contribution in [0.3, 0.4) is 0 Å². The Morgan fingerprint density at radius 1 is 1.08 bits per heavy atom. The largest absolute Gasteiger partial charge is 0.367 e. The number of rotatable bonds is 4. The number of hydrogen-bond donors (Lipinski definition) is 1. The van der Waals surface area contributed by atoms with E-state index >= 15 is 0 Å². The van der Waals surface area contributed by atoms with E-state index < -0.39 is 0 Å². The van der Waals surface area contributed by atoms with Gasteiger partial charge in [0.25, 0.3) is 11.1 Å². The minimum atomic E-state index is -0.261. The number of halogens is 1. The minimum absolute atomic E-state index is 0.163. The number of thioether (sulfide) groups is 1. The molecule has 1 aliphatic heterocycles. The molecule has 1 heterocycles. The van der Waals surface area contributed by atoms with E-state index in [0.29, 0.717) is 4.91 Å². The molecular formula is C18H15IN2O2S. The van der Waals surface area contributed by atoms with E-state index in [1.807, 2.05) is 55.5 Å². The topological polar surface area (TPSA) is 49.4 Å². The van der Waals surface area contributed by atoms with Gasteiger partial charge in [-0.2, -0.15) is 0 Å². The van der Waals surface area contributed by atoms with Crippen LogP contribution in [0.5, 0.6) is 0 Å². The molecule has 0 aromatic heterocycles. The molecule has 3 rings (SSSR count). The average Bonchev–Trinajstić information content (AvgIpc) is 2.83. The summed E-state index contributed by atoms with van der Waals surface area (Å²) in [5.74, 6) is -0.261. The third-order valence-electron chi connectivity index (χ3n) is 3.53. The van der Waals surface area contributed by atoms with Crippen LogP contribution < -0.4 is 5.32 Å². The Balaban J connectivity index is 1.69. The standard InChI is InChI=1S/C18H15IN2O2S/c1-12-2-4-13(5-3-12)10-16-17(22)21(18(23)24-16)11-20-15-8-6-14(19)7-9-15/h2-10,20H,11H2,1H3/b16-10+. The van der Waals surface area contributed by atoms with E-state index in [-0.39, 0.29) is 17.8 Å². The van der Waals surface area contributed by atoms with Gasteiger partial charge in [0, 0.05) is 9.26 Å². The summed E-state index contributed by atoms with van der Waals surface area (Å²) in [6.45, 7) is 2.17. The lowest BCUT2D eigenvalue weighted by Gasteiger charge is -2.14. The summed E-state index contributed by atoms with van der Waals surface area (Å²) >= 11 is 3.20. The van der Waals surface area contributed by atoms with Crippen LogP contribution in [0.1, 0.15) is 11.1 Å². The third kappa shape index (κ3) is 3.99. The molecule has 0 bridgehead atoms. The lowest BCUT2D eigenvalue weighted by atomic mass is 10.1. The molecule has 1 N–H and O–H groups in total. The summed E-state index contributed by atoms with van der Waals surface area (Å²) in [5, 5.41) is 2.85. The maximum Gasteiger partial charge on any atom is 0.295 e. The first-order valence-corrected chi connectivity index (χ1v) is 9.24. The molecule has 0 radical (unpaired) electrons. The maximum absolute atomic E-state index is 12.4. The van der Waals surface area contributed by atoms with Crippen LogP contribution in [0.25, 0.3) is 6.08 Å². The summed E-state index contributed by atoms with van der Waals surface area (Å²) in [4.78, 5) is 26.2. The average molecular weight is 450 g/mol. The lowest BCUT2D eigenvalue weighted by Crippen LogP contribution is -2.33. The van der Waals surface area contributed by atoms with Crippen LogP contribution >= 0.6 is 34.4 Å². The number of hydrogen-bond acceptors (Lipinski definition) is 4. The molecule has 0 spiro atoms. The minimum Gasteiger partial charge on any atom is -0.367 e. The van der Waals surface area contributed by atoms with Crippen molar-refractivity contribution >= 4 is 57.3 Å². The van der Waals surface area contributed by atoms with Crippen LogP contribution in [-0.4, -0.2) is 22.7 Å². The molecule has 1 aliphatic rings. The predicted molar refractivity (Wildman–Crippen MR) is 107 cm³/mol. The molecule has 2 aromatic rings. The molecule has 6 heteroatoms. The predicted octanol–water partition coefficient (Wildman–Crippen LogP) is 4.71. The normalized spacial score (nSPS) is 16.1. The number of carbonyl (C=O) groups excluding carboxylic acids is 2. The molecule has 0 unspecified atom stereocenters. The molecule has 0 aliphatic carbocycles. The van der Waals surface area contributed by atoms with Crippen molar-refractivity contribution < 1.29 is 9.59 Å². The van der Waals surface area contributed by atoms with Crippen LogP contribution in [0, 0.1) is 10.5 Å². The van der Waals surface area contributed by atoms with Gasteiger partial charge in [0.2, 0.25) is 0 Å². The molecule has 2 aromatic carbocycles. The Morgan fingerprint density at radius 3 is 2.42 bits per heavy atom. The summed E-state index contributed by atoms with van der Waals surface area (Å²) in [6, 6.07) is 15.6. The Morgan fingerprint density at radius 2 is 1.75 bits per heavy atom. The van der Waals surface area contributed by atoms with Crippen molar-refractivity contribution in [2.24, 2.45) is 0 Å². The quantitative estimate of drug-likeness (QED) is 0.542. The second-order valence-electron chi connectivity index (χ2n) is 5.36. The van der Waals surface area contributed by atoms with Gasteiger partial charge in [0.15, 0.2) is 0 Å². The SMILES string of the molecule is Cc1ccc(/C=C2/SC(=O)N(CNc3ccc(I)cc3)C2=O)cc1. The van der Waals surface area contributed by atoms with Crippen LogP contribution in [0.15, 0.2) is 53.4 Å². The van der Waals surface area contributed by atoms with Gasteiger partial charge in [-0.3, -0.25) is 14.5 Å². The summed E-state index contributed by atoms with van der Waals surface area (Å²) < 4.78 is 1.13. The summed E-state index contributed by atoms with van der Waals surface area (Å²) in [5.41, 5.74) is 2.94. The molecular weight excluding hydrogens is 435 g/mol. The molecule has 1 fully saturated rings. The smallest absolute Gasteiger partial charge is 0.295 e. The van der Waals surface area contributed by atoms with Crippen molar-refractivity contribution in [3.8, 4) is 0 Å². The number of nitrogens with one attached hydrogen (secondary N) is 1. The van der Waals surface area contributed by atoms with Crippen molar-refractivity contribution in [3.63, 3.8) is 0 Å². The monoisotopic (exact) mass is 450 g/mol. The molecule has 2 amide bonds. The first-order chi connectivity index (χ1) is 11.5. The molecule has 4 nitrogen and oxygen atoms in total. The fraction of sp³-hybridized carbons (Fsp3) is 0.111. The number of carbonyl (C=O) groups is 2.